The maximum atomic E-state index is 10.7. The van der Waals surface area contributed by atoms with Gasteiger partial charge in [-0.15, -0.1) is 0 Å². The van der Waals surface area contributed by atoms with Gasteiger partial charge in [0.05, 0.1) is 0 Å². The highest BCUT2D eigenvalue weighted by atomic mass is 16.5. The third-order valence-electron chi connectivity index (χ3n) is 2.62. The van der Waals surface area contributed by atoms with Gasteiger partial charge >= 0.3 is 0 Å². The summed E-state index contributed by atoms with van der Waals surface area (Å²) in [6, 6.07) is 14.3. The molecule has 0 saturated heterocycles. The number of carbonyl (C=O) groups excluding carboxylic acids is 1. The van der Waals surface area contributed by atoms with Crippen LogP contribution in [0.4, 0.5) is 5.69 Å². The number of benzene rings is 2. The number of phenolic OH excluding ortho intramolecular Hbond substituents is 1. The van der Waals surface area contributed by atoms with E-state index in [9.17, 15) is 9.90 Å². The first-order valence-electron chi connectivity index (χ1n) is 6.16. The smallest absolute Gasteiger partial charge is 0.255 e. The Morgan fingerprint density at radius 3 is 2.75 bits per heavy atom. The van der Waals surface area contributed by atoms with Crippen LogP contribution in [0.25, 0.3) is 0 Å². The topological polar surface area (TPSA) is 84.6 Å². The lowest BCUT2D eigenvalue weighted by atomic mass is 10.2. The van der Waals surface area contributed by atoms with Crippen molar-refractivity contribution in [3.05, 3.63) is 54.1 Å². The Balaban J connectivity index is 1.95. The minimum absolute atomic E-state index is 0.143. The molecule has 2 aromatic rings. The number of carbonyl (C=O) groups is 1. The van der Waals surface area contributed by atoms with Crippen LogP contribution in [0.5, 0.6) is 11.5 Å². The molecule has 2 rings (SSSR count). The lowest BCUT2D eigenvalue weighted by molar-refractivity contribution is -0.119. The standard InChI is InChI=1S/C15H16N2O3/c16-15(19)10-20-14-6-2-4-12(8-14)17-9-11-3-1-5-13(18)7-11/h1-8,17-18H,9-10H2,(H2,16,19). The highest BCUT2D eigenvalue weighted by molar-refractivity contribution is 5.75. The quantitative estimate of drug-likeness (QED) is 0.749. The van der Waals surface area contributed by atoms with Crippen LogP contribution < -0.4 is 15.8 Å². The lowest BCUT2D eigenvalue weighted by Crippen LogP contribution is -2.20. The molecule has 5 heteroatoms. The molecule has 0 bridgehead atoms. The maximum absolute atomic E-state index is 10.7. The summed E-state index contributed by atoms with van der Waals surface area (Å²) in [4.78, 5) is 10.7. The molecule has 4 N–H and O–H groups in total. The zero-order valence-corrected chi connectivity index (χ0v) is 10.9. The molecule has 1 amide bonds. The maximum Gasteiger partial charge on any atom is 0.255 e. The van der Waals surface area contributed by atoms with Gasteiger partial charge in [0.15, 0.2) is 6.61 Å². The second-order valence-corrected chi connectivity index (χ2v) is 4.31. The Labute approximate surface area is 117 Å². The van der Waals surface area contributed by atoms with Crippen molar-refractivity contribution >= 4 is 11.6 Å². The van der Waals surface area contributed by atoms with Crippen molar-refractivity contribution < 1.29 is 14.6 Å². The summed E-state index contributed by atoms with van der Waals surface area (Å²) < 4.78 is 5.22. The largest absolute Gasteiger partial charge is 0.508 e. The van der Waals surface area contributed by atoms with E-state index < -0.39 is 5.91 Å². The molecule has 0 aromatic heterocycles. The van der Waals surface area contributed by atoms with Gasteiger partial charge in [-0.05, 0) is 29.8 Å². The number of aromatic hydroxyl groups is 1. The normalized spacial score (nSPS) is 10.0. The Hall–Kier alpha value is -2.69. The Bertz CT molecular complexity index is 599. The summed E-state index contributed by atoms with van der Waals surface area (Å²) in [6.45, 7) is 0.434. The van der Waals surface area contributed by atoms with E-state index in [1.165, 1.54) is 0 Å². The van der Waals surface area contributed by atoms with Gasteiger partial charge in [-0.2, -0.15) is 0 Å². The number of primary amides is 1. The molecular weight excluding hydrogens is 256 g/mol. The monoisotopic (exact) mass is 272 g/mol. The van der Waals surface area contributed by atoms with Gasteiger partial charge in [-0.3, -0.25) is 4.79 Å². The first-order valence-corrected chi connectivity index (χ1v) is 6.16. The predicted molar refractivity (Wildman–Crippen MR) is 76.6 cm³/mol. The highest BCUT2D eigenvalue weighted by Gasteiger charge is 2.00. The molecule has 0 aliphatic heterocycles. The fraction of sp³-hybridized carbons (Fsp3) is 0.133. The molecule has 104 valence electrons. The van der Waals surface area contributed by atoms with Gasteiger partial charge in [-0.25, -0.2) is 0 Å². The Morgan fingerprint density at radius 1 is 1.20 bits per heavy atom. The highest BCUT2D eigenvalue weighted by Crippen LogP contribution is 2.18. The SMILES string of the molecule is NC(=O)COc1cccc(NCc2cccc(O)c2)c1. The third-order valence-corrected chi connectivity index (χ3v) is 2.62. The molecule has 0 aliphatic rings. The molecular formula is C15H16N2O3. The first-order chi connectivity index (χ1) is 9.63. The van der Waals surface area contributed by atoms with Gasteiger partial charge in [0.2, 0.25) is 0 Å². The number of nitrogens with two attached hydrogens (primary N) is 1. The molecule has 2 aromatic carbocycles. The van der Waals surface area contributed by atoms with Crippen molar-refractivity contribution in [1.29, 1.82) is 0 Å². The van der Waals surface area contributed by atoms with E-state index in [4.69, 9.17) is 10.5 Å². The summed E-state index contributed by atoms with van der Waals surface area (Å²) in [5.41, 5.74) is 6.85. The van der Waals surface area contributed by atoms with Gasteiger partial charge in [0.25, 0.3) is 5.91 Å². The average molecular weight is 272 g/mol. The zero-order chi connectivity index (χ0) is 14.4. The first kappa shape index (κ1) is 13.7. The van der Waals surface area contributed by atoms with Crippen molar-refractivity contribution in [1.82, 2.24) is 0 Å². The molecule has 5 nitrogen and oxygen atoms in total. The van der Waals surface area contributed by atoms with Crippen molar-refractivity contribution in [3.8, 4) is 11.5 Å². The minimum atomic E-state index is -0.511. The summed E-state index contributed by atoms with van der Waals surface area (Å²) in [5, 5.41) is 12.6. The Kier molecular flexibility index (Phi) is 4.44. The van der Waals surface area contributed by atoms with Gasteiger partial charge in [-0.1, -0.05) is 18.2 Å². The van der Waals surface area contributed by atoms with E-state index >= 15 is 0 Å². The van der Waals surface area contributed by atoms with Crippen LogP contribution in [0.2, 0.25) is 0 Å². The molecule has 0 radical (unpaired) electrons. The average Bonchev–Trinajstić information content (AvgIpc) is 2.43. The number of nitrogens with one attached hydrogen (secondary N) is 1. The van der Waals surface area contributed by atoms with E-state index in [0.29, 0.717) is 12.3 Å². The van der Waals surface area contributed by atoms with E-state index in [1.807, 2.05) is 18.2 Å². The molecule has 0 atom stereocenters. The second-order valence-electron chi connectivity index (χ2n) is 4.31. The zero-order valence-electron chi connectivity index (χ0n) is 10.9. The molecule has 20 heavy (non-hydrogen) atoms. The Morgan fingerprint density at radius 2 is 2.00 bits per heavy atom. The number of hydrogen-bond donors (Lipinski definition) is 3. The fourth-order valence-corrected chi connectivity index (χ4v) is 1.72. The summed E-state index contributed by atoms with van der Waals surface area (Å²) in [6.07, 6.45) is 0. The molecule has 0 unspecified atom stereocenters. The summed E-state index contributed by atoms with van der Waals surface area (Å²) >= 11 is 0. The fourth-order valence-electron chi connectivity index (χ4n) is 1.72. The van der Waals surface area contributed by atoms with Gasteiger partial charge in [0.1, 0.15) is 11.5 Å². The molecule has 0 heterocycles. The molecule has 0 fully saturated rings. The van der Waals surface area contributed by atoms with Crippen LogP contribution in [0.1, 0.15) is 5.56 Å². The van der Waals surface area contributed by atoms with E-state index in [0.717, 1.165) is 11.3 Å². The van der Waals surface area contributed by atoms with Crippen LogP contribution in [-0.2, 0) is 11.3 Å². The third kappa shape index (κ3) is 4.20. The van der Waals surface area contributed by atoms with Crippen LogP contribution in [-0.4, -0.2) is 17.6 Å². The van der Waals surface area contributed by atoms with E-state index in [-0.39, 0.29) is 12.4 Å². The number of anilines is 1. The lowest BCUT2D eigenvalue weighted by Gasteiger charge is -2.09. The summed E-state index contributed by atoms with van der Waals surface area (Å²) in [7, 11) is 0. The number of phenols is 1. The number of rotatable bonds is 6. The number of ether oxygens (including phenoxy) is 1. The van der Waals surface area contributed by atoms with Crippen LogP contribution >= 0.6 is 0 Å². The van der Waals surface area contributed by atoms with Crippen molar-refractivity contribution in [2.75, 3.05) is 11.9 Å². The predicted octanol–water partition coefficient (Wildman–Crippen LogP) is 1.87. The van der Waals surface area contributed by atoms with Crippen LogP contribution in [0.3, 0.4) is 0 Å². The molecule has 0 aliphatic carbocycles. The van der Waals surface area contributed by atoms with E-state index in [1.54, 1.807) is 30.3 Å². The second kappa shape index (κ2) is 6.47. The van der Waals surface area contributed by atoms with Crippen molar-refractivity contribution in [3.63, 3.8) is 0 Å². The van der Waals surface area contributed by atoms with Crippen molar-refractivity contribution in [2.45, 2.75) is 6.54 Å². The number of hydrogen-bond acceptors (Lipinski definition) is 4. The minimum Gasteiger partial charge on any atom is -0.508 e. The molecule has 0 spiro atoms. The van der Waals surface area contributed by atoms with E-state index in [2.05, 4.69) is 5.32 Å². The van der Waals surface area contributed by atoms with Crippen LogP contribution in [0, 0.1) is 0 Å². The number of amides is 1. The van der Waals surface area contributed by atoms with Gasteiger partial charge < -0.3 is 20.9 Å². The molecule has 0 saturated carbocycles. The van der Waals surface area contributed by atoms with Gasteiger partial charge in [0, 0.05) is 18.3 Å². The van der Waals surface area contributed by atoms with Crippen molar-refractivity contribution in [2.24, 2.45) is 5.73 Å². The summed E-state index contributed by atoms with van der Waals surface area (Å²) in [5.74, 6) is 0.302. The van der Waals surface area contributed by atoms with Crippen LogP contribution in [0.15, 0.2) is 48.5 Å².